The van der Waals surface area contributed by atoms with Crippen LogP contribution in [-0.4, -0.2) is 5.78 Å². The van der Waals surface area contributed by atoms with Crippen molar-refractivity contribution in [1.82, 2.24) is 0 Å². The summed E-state index contributed by atoms with van der Waals surface area (Å²) in [5.74, 6) is -2.40. The maximum absolute atomic E-state index is 13.5. The van der Waals surface area contributed by atoms with Gasteiger partial charge >= 0.3 is 0 Å². The Kier molecular flexibility index (Phi) is 3.33. The van der Waals surface area contributed by atoms with Crippen LogP contribution in [0.15, 0.2) is 29.0 Å². The Balaban J connectivity index is 2.29. The van der Waals surface area contributed by atoms with Crippen molar-refractivity contribution in [2.24, 2.45) is 0 Å². The maximum Gasteiger partial charge on any atom is 0.170 e. The number of carbonyl (C=O) groups excluding carboxylic acids is 1. The molecule has 4 heteroatoms. The van der Waals surface area contributed by atoms with Gasteiger partial charge in [-0.05, 0) is 40.9 Å². The largest absolute Gasteiger partial charge is 0.294 e. The van der Waals surface area contributed by atoms with Crippen molar-refractivity contribution in [2.45, 2.75) is 13.3 Å². The highest BCUT2D eigenvalue weighted by Crippen LogP contribution is 2.18. The minimum atomic E-state index is -1.05. The summed E-state index contributed by atoms with van der Waals surface area (Å²) < 4.78 is 26.9. The zero-order valence-corrected chi connectivity index (χ0v) is 9.98. The molecule has 0 aliphatic carbocycles. The quantitative estimate of drug-likeness (QED) is 0.760. The summed E-state index contributed by atoms with van der Waals surface area (Å²) in [5, 5.41) is 3.66. The van der Waals surface area contributed by atoms with E-state index < -0.39 is 17.4 Å². The van der Waals surface area contributed by atoms with Crippen LogP contribution in [0.1, 0.15) is 21.5 Å². The van der Waals surface area contributed by atoms with E-state index in [9.17, 15) is 13.6 Å². The van der Waals surface area contributed by atoms with E-state index >= 15 is 0 Å². The molecular weight excluding hydrogens is 242 g/mol. The summed E-state index contributed by atoms with van der Waals surface area (Å²) in [7, 11) is 0. The van der Waals surface area contributed by atoms with E-state index in [2.05, 4.69) is 0 Å². The van der Waals surface area contributed by atoms with Gasteiger partial charge in [0.15, 0.2) is 17.4 Å². The Morgan fingerprint density at radius 3 is 2.65 bits per heavy atom. The van der Waals surface area contributed by atoms with Gasteiger partial charge in [-0.15, -0.1) is 0 Å². The molecule has 0 bridgehead atoms. The minimum absolute atomic E-state index is 0.100. The van der Waals surface area contributed by atoms with Gasteiger partial charge in [-0.1, -0.05) is 6.07 Å². The Morgan fingerprint density at radius 2 is 2.00 bits per heavy atom. The fourth-order valence-corrected chi connectivity index (χ4v) is 2.20. The van der Waals surface area contributed by atoms with E-state index in [1.165, 1.54) is 30.4 Å². The second kappa shape index (κ2) is 4.75. The molecule has 2 aromatic rings. The van der Waals surface area contributed by atoms with Gasteiger partial charge in [-0.25, -0.2) is 8.78 Å². The predicted molar refractivity (Wildman–Crippen MR) is 63.4 cm³/mol. The van der Waals surface area contributed by atoms with Crippen molar-refractivity contribution >= 4 is 17.1 Å². The molecule has 1 heterocycles. The maximum atomic E-state index is 13.5. The van der Waals surface area contributed by atoms with Gasteiger partial charge in [0.05, 0.1) is 5.56 Å². The number of Topliss-reactive ketones (excluding diaryl/α,β-unsaturated/α-hetero) is 1. The summed E-state index contributed by atoms with van der Waals surface area (Å²) in [4.78, 5) is 11.8. The van der Waals surface area contributed by atoms with Crippen LogP contribution in [0, 0.1) is 18.6 Å². The number of thiophene rings is 1. The summed E-state index contributed by atoms with van der Waals surface area (Å²) in [6, 6.07) is 4.55. The summed E-state index contributed by atoms with van der Waals surface area (Å²) in [5.41, 5.74) is 0.842. The first kappa shape index (κ1) is 11.9. The van der Waals surface area contributed by atoms with Gasteiger partial charge in [0, 0.05) is 6.42 Å². The highest BCUT2D eigenvalue weighted by atomic mass is 32.1. The standard InChI is InChI=1S/C13H10F2OS/c1-8-2-3-10(13(15)12(8)14)11(16)6-9-4-5-17-7-9/h2-5,7H,6H2,1H3. The first-order valence-corrected chi connectivity index (χ1v) is 6.02. The second-order valence-electron chi connectivity index (χ2n) is 3.79. The molecule has 88 valence electrons. The average Bonchev–Trinajstić information content (AvgIpc) is 2.78. The Bertz CT molecular complexity index is 547. The van der Waals surface area contributed by atoms with E-state index in [-0.39, 0.29) is 17.5 Å². The molecular formula is C13H10F2OS. The fourth-order valence-electron chi connectivity index (χ4n) is 1.54. The van der Waals surface area contributed by atoms with Crippen molar-refractivity contribution in [2.75, 3.05) is 0 Å². The molecule has 0 atom stereocenters. The smallest absolute Gasteiger partial charge is 0.170 e. The molecule has 0 amide bonds. The molecule has 0 fully saturated rings. The lowest BCUT2D eigenvalue weighted by atomic mass is 10.0. The van der Waals surface area contributed by atoms with Crippen molar-refractivity contribution < 1.29 is 13.6 Å². The molecule has 1 nitrogen and oxygen atoms in total. The number of halogens is 2. The van der Waals surface area contributed by atoms with Gasteiger partial charge in [-0.2, -0.15) is 11.3 Å². The van der Waals surface area contributed by atoms with Crippen molar-refractivity contribution in [1.29, 1.82) is 0 Å². The lowest BCUT2D eigenvalue weighted by molar-refractivity contribution is 0.0988. The first-order valence-electron chi connectivity index (χ1n) is 5.08. The van der Waals surface area contributed by atoms with Gasteiger partial charge in [0.25, 0.3) is 0 Å². The molecule has 0 radical (unpaired) electrons. The Morgan fingerprint density at radius 1 is 1.24 bits per heavy atom. The lowest BCUT2D eigenvalue weighted by Crippen LogP contribution is -2.07. The van der Waals surface area contributed by atoms with Crippen molar-refractivity contribution in [3.05, 3.63) is 57.3 Å². The van der Waals surface area contributed by atoms with E-state index in [1.807, 2.05) is 10.8 Å². The number of hydrogen-bond donors (Lipinski definition) is 0. The third kappa shape index (κ3) is 2.42. The minimum Gasteiger partial charge on any atom is -0.294 e. The summed E-state index contributed by atoms with van der Waals surface area (Å²) in [6.07, 6.45) is 0.100. The van der Waals surface area contributed by atoms with Gasteiger partial charge in [-0.3, -0.25) is 4.79 Å². The van der Waals surface area contributed by atoms with E-state index in [4.69, 9.17) is 0 Å². The number of benzene rings is 1. The van der Waals surface area contributed by atoms with Crippen LogP contribution in [0.4, 0.5) is 8.78 Å². The van der Waals surface area contributed by atoms with Crippen LogP contribution in [0.2, 0.25) is 0 Å². The second-order valence-corrected chi connectivity index (χ2v) is 4.57. The number of hydrogen-bond acceptors (Lipinski definition) is 2. The van der Waals surface area contributed by atoms with Crippen LogP contribution in [0.3, 0.4) is 0 Å². The molecule has 0 unspecified atom stereocenters. The monoisotopic (exact) mass is 252 g/mol. The average molecular weight is 252 g/mol. The fraction of sp³-hybridized carbons (Fsp3) is 0.154. The third-order valence-corrected chi connectivity index (χ3v) is 3.25. The van der Waals surface area contributed by atoms with Crippen LogP contribution in [-0.2, 0) is 6.42 Å². The number of rotatable bonds is 3. The lowest BCUT2D eigenvalue weighted by Gasteiger charge is -2.04. The Hall–Kier alpha value is -1.55. The Labute approximate surface area is 102 Å². The van der Waals surface area contributed by atoms with Crippen LogP contribution < -0.4 is 0 Å². The summed E-state index contributed by atoms with van der Waals surface area (Å²) >= 11 is 1.47. The topological polar surface area (TPSA) is 17.1 Å². The SMILES string of the molecule is Cc1ccc(C(=O)Cc2ccsc2)c(F)c1F. The van der Waals surface area contributed by atoms with E-state index in [1.54, 1.807) is 6.07 Å². The van der Waals surface area contributed by atoms with Gasteiger partial charge in [0.2, 0.25) is 0 Å². The normalized spacial score (nSPS) is 10.5. The molecule has 0 aliphatic rings. The summed E-state index contributed by atoms with van der Waals surface area (Å²) in [6.45, 7) is 1.46. The number of ketones is 1. The zero-order valence-electron chi connectivity index (χ0n) is 9.17. The highest BCUT2D eigenvalue weighted by Gasteiger charge is 2.17. The van der Waals surface area contributed by atoms with Crippen LogP contribution >= 0.6 is 11.3 Å². The predicted octanol–water partition coefficient (Wildman–Crippen LogP) is 3.76. The molecule has 1 aromatic heterocycles. The molecule has 0 saturated carbocycles. The van der Waals surface area contributed by atoms with Gasteiger partial charge < -0.3 is 0 Å². The third-order valence-electron chi connectivity index (χ3n) is 2.52. The molecule has 0 aliphatic heterocycles. The highest BCUT2D eigenvalue weighted by molar-refractivity contribution is 7.08. The van der Waals surface area contributed by atoms with Crippen molar-refractivity contribution in [3.63, 3.8) is 0 Å². The number of aryl methyl sites for hydroxylation is 1. The van der Waals surface area contributed by atoms with Crippen LogP contribution in [0.25, 0.3) is 0 Å². The molecule has 17 heavy (non-hydrogen) atoms. The van der Waals surface area contributed by atoms with Crippen molar-refractivity contribution in [3.8, 4) is 0 Å². The van der Waals surface area contributed by atoms with E-state index in [0.29, 0.717) is 0 Å². The first-order chi connectivity index (χ1) is 8.09. The molecule has 2 rings (SSSR count). The van der Waals surface area contributed by atoms with Gasteiger partial charge in [0.1, 0.15) is 0 Å². The van der Waals surface area contributed by atoms with Crippen LogP contribution in [0.5, 0.6) is 0 Å². The molecule has 0 N–H and O–H groups in total. The zero-order chi connectivity index (χ0) is 12.4. The molecule has 0 saturated heterocycles. The molecule has 0 spiro atoms. The van der Waals surface area contributed by atoms with E-state index in [0.717, 1.165) is 5.56 Å². The number of carbonyl (C=O) groups is 1. The molecule has 1 aromatic carbocycles.